The van der Waals surface area contributed by atoms with Crippen molar-refractivity contribution >= 4 is 35.3 Å². The third-order valence-electron chi connectivity index (χ3n) is 6.47. The maximum atomic E-state index is 13.2. The van der Waals surface area contributed by atoms with Gasteiger partial charge in [0, 0.05) is 17.8 Å². The van der Waals surface area contributed by atoms with Gasteiger partial charge >= 0.3 is 6.03 Å². The van der Waals surface area contributed by atoms with Crippen molar-refractivity contribution in [2.75, 3.05) is 23.5 Å². The van der Waals surface area contributed by atoms with E-state index in [2.05, 4.69) is 44.0 Å². The van der Waals surface area contributed by atoms with Gasteiger partial charge < -0.3 is 9.64 Å². The average molecular weight is 448 g/mol. The van der Waals surface area contributed by atoms with Gasteiger partial charge in [0.05, 0.1) is 12.8 Å². The molecule has 0 bridgehead atoms. The van der Waals surface area contributed by atoms with E-state index < -0.39 is 17.8 Å². The Bertz CT molecular complexity index is 1150. The fourth-order valence-electron chi connectivity index (χ4n) is 4.99. The van der Waals surface area contributed by atoms with Gasteiger partial charge in [0.15, 0.2) is 0 Å². The maximum Gasteiger partial charge on any atom is 0.335 e. The second-order valence-electron chi connectivity index (χ2n) is 9.14. The summed E-state index contributed by atoms with van der Waals surface area (Å²) in [7, 11) is 1.54. The van der Waals surface area contributed by atoms with Gasteiger partial charge in [0.2, 0.25) is 0 Å². The lowest BCUT2D eigenvalue weighted by molar-refractivity contribution is -0.122. The van der Waals surface area contributed by atoms with Gasteiger partial charge in [-0.3, -0.25) is 14.9 Å². The van der Waals surface area contributed by atoms with E-state index in [1.54, 1.807) is 30.3 Å². The molecule has 2 aromatic carbocycles. The molecule has 4 amide bonds. The number of imide groups is 2. The maximum absolute atomic E-state index is 13.2. The van der Waals surface area contributed by atoms with Gasteiger partial charge in [0.25, 0.3) is 11.8 Å². The molecule has 1 atom stereocenters. The van der Waals surface area contributed by atoms with Crippen molar-refractivity contribution in [3.63, 3.8) is 0 Å². The summed E-state index contributed by atoms with van der Waals surface area (Å²) in [4.78, 5) is 41.5. The predicted molar refractivity (Wildman–Crippen MR) is 129 cm³/mol. The van der Waals surface area contributed by atoms with E-state index in [9.17, 15) is 14.4 Å². The van der Waals surface area contributed by atoms with Crippen LogP contribution in [0.1, 0.15) is 51.2 Å². The number of barbiturate groups is 1. The lowest BCUT2D eigenvalue weighted by atomic mass is 9.79. The monoisotopic (exact) mass is 447 g/mol. The van der Waals surface area contributed by atoms with Crippen molar-refractivity contribution in [1.82, 2.24) is 5.32 Å². The number of carbonyl (C=O) groups is 3. The molecule has 0 aromatic heterocycles. The second kappa shape index (κ2) is 8.39. The van der Waals surface area contributed by atoms with E-state index in [-0.39, 0.29) is 11.1 Å². The summed E-state index contributed by atoms with van der Waals surface area (Å²) in [5.74, 6) is -0.416. The number of fused-ring (bicyclic) bond motifs is 1. The van der Waals surface area contributed by atoms with Crippen LogP contribution in [0.3, 0.4) is 0 Å². The molecule has 2 aliphatic heterocycles. The van der Waals surface area contributed by atoms with Crippen LogP contribution < -0.4 is 19.9 Å². The molecular weight excluding hydrogens is 418 g/mol. The Kier molecular flexibility index (Phi) is 5.74. The van der Waals surface area contributed by atoms with Crippen LogP contribution in [0.5, 0.6) is 5.75 Å². The third kappa shape index (κ3) is 3.99. The molecule has 33 heavy (non-hydrogen) atoms. The minimum absolute atomic E-state index is 0.0552. The highest BCUT2D eigenvalue weighted by atomic mass is 16.5. The van der Waals surface area contributed by atoms with Gasteiger partial charge in [-0.05, 0) is 86.7 Å². The quantitative estimate of drug-likeness (QED) is 0.553. The average Bonchev–Trinajstić information content (AvgIpc) is 2.77. The smallest absolute Gasteiger partial charge is 0.335 e. The first-order valence-electron chi connectivity index (χ1n) is 11.1. The van der Waals surface area contributed by atoms with Crippen LogP contribution in [-0.4, -0.2) is 37.0 Å². The highest BCUT2D eigenvalue weighted by Gasteiger charge is 2.38. The van der Waals surface area contributed by atoms with E-state index in [0.29, 0.717) is 17.4 Å². The summed E-state index contributed by atoms with van der Waals surface area (Å²) in [5, 5.41) is 2.27. The molecule has 4 rings (SSSR count). The summed E-state index contributed by atoms with van der Waals surface area (Å²) in [5.41, 5.74) is 3.45. The molecule has 2 aromatic rings. The zero-order chi connectivity index (χ0) is 23.9. The number of nitrogens with one attached hydrogen (secondary N) is 1. The number of amides is 4. The lowest BCUT2D eigenvalue weighted by Gasteiger charge is -2.47. The fraction of sp³-hybridized carbons (Fsp3) is 0.346. The van der Waals surface area contributed by atoms with Crippen molar-refractivity contribution in [1.29, 1.82) is 0 Å². The minimum atomic E-state index is -0.771. The van der Waals surface area contributed by atoms with Crippen molar-refractivity contribution in [3.05, 3.63) is 59.2 Å². The molecule has 1 N–H and O–H groups in total. The molecule has 0 saturated carbocycles. The lowest BCUT2D eigenvalue weighted by Crippen LogP contribution is -2.54. The Morgan fingerprint density at radius 2 is 1.82 bits per heavy atom. The predicted octanol–water partition coefficient (Wildman–Crippen LogP) is 4.47. The number of anilines is 2. The first-order chi connectivity index (χ1) is 15.7. The van der Waals surface area contributed by atoms with E-state index in [4.69, 9.17) is 4.74 Å². The molecule has 0 aliphatic carbocycles. The molecule has 7 heteroatoms. The molecule has 2 aliphatic rings. The summed E-state index contributed by atoms with van der Waals surface area (Å²) in [6, 6.07) is 11.8. The highest BCUT2D eigenvalue weighted by molar-refractivity contribution is 6.39. The van der Waals surface area contributed by atoms with Gasteiger partial charge in [-0.15, -0.1) is 0 Å². The number of benzene rings is 2. The minimum Gasteiger partial charge on any atom is -0.497 e. The van der Waals surface area contributed by atoms with Gasteiger partial charge in [-0.1, -0.05) is 13.0 Å². The largest absolute Gasteiger partial charge is 0.497 e. The normalized spacial score (nSPS) is 21.2. The van der Waals surface area contributed by atoms with Crippen LogP contribution in [0.15, 0.2) is 48.0 Å². The zero-order valence-electron chi connectivity index (χ0n) is 19.6. The van der Waals surface area contributed by atoms with Crippen molar-refractivity contribution in [3.8, 4) is 5.75 Å². The Morgan fingerprint density at radius 1 is 1.12 bits per heavy atom. The standard InChI is InChI=1S/C26H29N3O4/c1-6-28-22-12-7-17(13-20(22)16(2)15-26(28,3)4)14-21-23(30)27-25(32)29(24(21)31)18-8-10-19(33-5)11-9-18/h7-14,16H,6,15H2,1-5H3,(H,27,30,32)/b21-14+/t16-/m0/s1. The summed E-state index contributed by atoms with van der Waals surface area (Å²) >= 11 is 0. The van der Waals surface area contributed by atoms with Crippen LogP contribution in [0.4, 0.5) is 16.2 Å². The molecule has 7 nitrogen and oxygen atoms in total. The molecular formula is C26H29N3O4. The molecule has 0 unspecified atom stereocenters. The van der Waals surface area contributed by atoms with Crippen LogP contribution in [0, 0.1) is 0 Å². The Morgan fingerprint density at radius 3 is 2.45 bits per heavy atom. The van der Waals surface area contributed by atoms with Gasteiger partial charge in [-0.2, -0.15) is 0 Å². The first kappa shape index (κ1) is 22.6. The topological polar surface area (TPSA) is 79.0 Å². The number of nitrogens with zero attached hydrogens (tertiary/aromatic N) is 2. The van der Waals surface area contributed by atoms with Gasteiger partial charge in [-0.25, -0.2) is 9.69 Å². The number of carbonyl (C=O) groups excluding carboxylic acids is 3. The molecule has 0 spiro atoms. The highest BCUT2D eigenvalue weighted by Crippen LogP contribution is 2.43. The summed E-state index contributed by atoms with van der Waals surface area (Å²) < 4.78 is 5.14. The number of hydrogen-bond acceptors (Lipinski definition) is 5. The van der Waals surface area contributed by atoms with E-state index in [0.717, 1.165) is 23.4 Å². The molecule has 172 valence electrons. The Balaban J connectivity index is 1.70. The van der Waals surface area contributed by atoms with Crippen LogP contribution in [0.2, 0.25) is 0 Å². The van der Waals surface area contributed by atoms with Crippen LogP contribution in [0.25, 0.3) is 6.08 Å². The van der Waals surface area contributed by atoms with Crippen molar-refractivity contribution in [2.45, 2.75) is 45.6 Å². The SMILES string of the molecule is CCN1c2ccc(/C=C3\C(=O)NC(=O)N(c4ccc(OC)cc4)C3=O)cc2[C@@H](C)CC1(C)C. The van der Waals surface area contributed by atoms with E-state index in [1.165, 1.54) is 18.4 Å². The number of hydrogen-bond donors (Lipinski definition) is 1. The van der Waals surface area contributed by atoms with E-state index in [1.807, 2.05) is 12.1 Å². The second-order valence-corrected chi connectivity index (χ2v) is 9.14. The fourth-order valence-corrected chi connectivity index (χ4v) is 4.99. The van der Waals surface area contributed by atoms with Crippen LogP contribution >= 0.6 is 0 Å². The molecule has 0 radical (unpaired) electrons. The van der Waals surface area contributed by atoms with Crippen molar-refractivity contribution < 1.29 is 19.1 Å². The Hall–Kier alpha value is -3.61. The summed E-state index contributed by atoms with van der Waals surface area (Å²) in [6.07, 6.45) is 2.57. The van der Waals surface area contributed by atoms with E-state index >= 15 is 0 Å². The Labute approximate surface area is 194 Å². The number of ether oxygens (including phenoxy) is 1. The number of methoxy groups -OCH3 is 1. The first-order valence-corrected chi connectivity index (χ1v) is 11.1. The van der Waals surface area contributed by atoms with Gasteiger partial charge in [0.1, 0.15) is 11.3 Å². The molecule has 1 fully saturated rings. The third-order valence-corrected chi connectivity index (χ3v) is 6.47. The number of urea groups is 1. The zero-order valence-corrected chi connectivity index (χ0v) is 19.6. The van der Waals surface area contributed by atoms with Crippen LogP contribution in [-0.2, 0) is 9.59 Å². The molecule has 1 saturated heterocycles. The number of rotatable bonds is 4. The summed E-state index contributed by atoms with van der Waals surface area (Å²) in [6.45, 7) is 9.75. The van der Waals surface area contributed by atoms with Crippen molar-refractivity contribution in [2.24, 2.45) is 0 Å². The molecule has 2 heterocycles.